The van der Waals surface area contributed by atoms with Crippen molar-refractivity contribution in [3.63, 3.8) is 0 Å². The summed E-state index contributed by atoms with van der Waals surface area (Å²) in [5.41, 5.74) is 5.02. The van der Waals surface area contributed by atoms with Gasteiger partial charge in [-0.25, -0.2) is 0 Å². The second kappa shape index (κ2) is 5.96. The minimum atomic E-state index is -0.654. The molecule has 1 aromatic carbocycles. The molecule has 25 heavy (non-hydrogen) atoms. The van der Waals surface area contributed by atoms with Crippen molar-refractivity contribution in [2.75, 3.05) is 13.2 Å². The van der Waals surface area contributed by atoms with E-state index in [0.717, 1.165) is 29.5 Å². The maximum Gasteiger partial charge on any atom is 0.170 e. The summed E-state index contributed by atoms with van der Waals surface area (Å²) in [5, 5.41) is 11.0. The monoisotopic (exact) mass is 342 g/mol. The van der Waals surface area contributed by atoms with Crippen LogP contribution in [0.4, 0.5) is 0 Å². The number of Topliss-reactive ketones (excluding diaryl/α,β-unsaturated/α-hetero) is 1. The smallest absolute Gasteiger partial charge is 0.170 e. The Morgan fingerprint density at radius 2 is 1.64 bits per heavy atom. The van der Waals surface area contributed by atoms with E-state index < -0.39 is 5.79 Å². The molecular formula is C21H26O4. The van der Waals surface area contributed by atoms with Gasteiger partial charge in [-0.3, -0.25) is 4.79 Å². The highest BCUT2D eigenvalue weighted by Gasteiger charge is 2.57. The molecule has 134 valence electrons. The number of allylic oxidation sites excluding steroid dienone is 2. The molecule has 4 heteroatoms. The highest BCUT2D eigenvalue weighted by atomic mass is 16.7. The Balaban J connectivity index is 1.80. The molecule has 0 amide bonds. The zero-order valence-electron chi connectivity index (χ0n) is 15.2. The van der Waals surface area contributed by atoms with Crippen molar-refractivity contribution in [3.05, 3.63) is 40.1 Å². The predicted octanol–water partition coefficient (Wildman–Crippen LogP) is 3.74. The topological polar surface area (TPSA) is 55.8 Å². The fourth-order valence-electron chi connectivity index (χ4n) is 4.90. The Morgan fingerprint density at radius 1 is 1.08 bits per heavy atom. The van der Waals surface area contributed by atoms with Crippen molar-refractivity contribution in [3.8, 4) is 0 Å². The number of aliphatic hydroxyl groups excluding tert-OH is 1. The SMILES string of the molecule is CCc1cc(C)cc(CC)c1C1=C(O)C2CC3(CC2C1=O)OCCO3. The van der Waals surface area contributed by atoms with Gasteiger partial charge in [-0.05, 0) is 36.5 Å². The Kier molecular flexibility index (Phi) is 4.00. The highest BCUT2D eigenvalue weighted by molar-refractivity contribution is 6.25. The first-order valence-corrected chi connectivity index (χ1v) is 9.37. The van der Waals surface area contributed by atoms with Gasteiger partial charge in [0.25, 0.3) is 0 Å². The fraction of sp³-hybridized carbons (Fsp3) is 0.571. The summed E-state index contributed by atoms with van der Waals surface area (Å²) in [6.45, 7) is 7.43. The van der Waals surface area contributed by atoms with Crippen LogP contribution in [-0.4, -0.2) is 29.9 Å². The predicted molar refractivity (Wildman–Crippen MR) is 95.3 cm³/mol. The molecule has 0 bridgehead atoms. The maximum absolute atomic E-state index is 13.2. The van der Waals surface area contributed by atoms with Crippen molar-refractivity contribution >= 4 is 11.4 Å². The number of fused-ring (bicyclic) bond motifs is 1. The number of aliphatic hydroxyl groups is 1. The quantitative estimate of drug-likeness (QED) is 0.909. The van der Waals surface area contributed by atoms with Crippen molar-refractivity contribution in [1.29, 1.82) is 0 Å². The number of ether oxygens (including phenoxy) is 2. The lowest BCUT2D eigenvalue weighted by molar-refractivity contribution is -0.155. The summed E-state index contributed by atoms with van der Waals surface area (Å²) < 4.78 is 11.5. The largest absolute Gasteiger partial charge is 0.511 e. The number of hydrogen-bond donors (Lipinski definition) is 1. The molecule has 1 heterocycles. The summed E-state index contributed by atoms with van der Waals surface area (Å²) >= 11 is 0. The first-order valence-electron chi connectivity index (χ1n) is 9.37. The van der Waals surface area contributed by atoms with Gasteiger partial charge >= 0.3 is 0 Å². The van der Waals surface area contributed by atoms with Crippen LogP contribution in [0.1, 0.15) is 48.9 Å². The molecule has 1 aliphatic heterocycles. The Bertz CT molecular complexity index is 730. The summed E-state index contributed by atoms with van der Waals surface area (Å²) in [4.78, 5) is 13.2. The van der Waals surface area contributed by atoms with Gasteiger partial charge in [-0.1, -0.05) is 31.5 Å². The van der Waals surface area contributed by atoms with Crippen LogP contribution in [0, 0.1) is 18.8 Å². The molecule has 3 aliphatic rings. The number of rotatable bonds is 3. The van der Waals surface area contributed by atoms with E-state index in [0.29, 0.717) is 31.6 Å². The summed E-state index contributed by atoms with van der Waals surface area (Å²) in [6, 6.07) is 4.28. The standard InChI is InChI=1S/C21H26O4/c1-4-13-8-12(3)9-14(5-2)17(13)18-19(22)15-10-21(24-6-7-25-21)11-16(15)20(18)23/h8-9,15-16,22H,4-7,10-11H2,1-3H3. The highest BCUT2D eigenvalue weighted by Crippen LogP contribution is 2.54. The molecule has 1 aromatic rings. The Hall–Kier alpha value is -1.65. The van der Waals surface area contributed by atoms with Crippen LogP contribution in [0.2, 0.25) is 0 Å². The fourth-order valence-corrected chi connectivity index (χ4v) is 4.90. The molecule has 1 N–H and O–H groups in total. The molecule has 2 unspecified atom stereocenters. The van der Waals surface area contributed by atoms with E-state index >= 15 is 0 Å². The lowest BCUT2D eigenvalue weighted by atomic mass is 9.87. The third kappa shape index (κ3) is 2.46. The van der Waals surface area contributed by atoms with Gasteiger partial charge in [-0.2, -0.15) is 0 Å². The van der Waals surface area contributed by atoms with E-state index in [2.05, 4.69) is 32.9 Å². The van der Waals surface area contributed by atoms with E-state index in [-0.39, 0.29) is 23.4 Å². The average molecular weight is 342 g/mol. The number of hydrogen-bond acceptors (Lipinski definition) is 4. The van der Waals surface area contributed by atoms with E-state index in [1.807, 2.05) is 0 Å². The average Bonchev–Trinajstić information content (AvgIpc) is 3.27. The molecule has 4 rings (SSSR count). The van der Waals surface area contributed by atoms with Crippen molar-refractivity contribution in [2.24, 2.45) is 11.8 Å². The second-order valence-electron chi connectivity index (χ2n) is 7.52. The molecule has 0 aromatic heterocycles. The zero-order chi connectivity index (χ0) is 17.8. The Morgan fingerprint density at radius 3 is 2.16 bits per heavy atom. The molecule has 0 radical (unpaired) electrons. The van der Waals surface area contributed by atoms with Crippen LogP contribution >= 0.6 is 0 Å². The lowest BCUT2D eigenvalue weighted by Gasteiger charge is -2.23. The summed E-state index contributed by atoms with van der Waals surface area (Å²) in [5.74, 6) is -0.732. The van der Waals surface area contributed by atoms with Gasteiger partial charge in [0.2, 0.25) is 0 Å². The number of carbonyl (C=O) groups excluding carboxylic acids is 1. The number of ketones is 1. The van der Waals surface area contributed by atoms with Crippen LogP contribution in [0.3, 0.4) is 0 Å². The first-order chi connectivity index (χ1) is 12.0. The van der Waals surface area contributed by atoms with Crippen LogP contribution in [0.5, 0.6) is 0 Å². The molecule has 2 fully saturated rings. The van der Waals surface area contributed by atoms with Gasteiger partial charge in [0, 0.05) is 24.7 Å². The van der Waals surface area contributed by atoms with E-state index in [1.165, 1.54) is 5.56 Å². The summed E-state index contributed by atoms with van der Waals surface area (Å²) in [7, 11) is 0. The van der Waals surface area contributed by atoms with Gasteiger partial charge in [0.05, 0.1) is 18.8 Å². The minimum absolute atomic E-state index is 0.0618. The van der Waals surface area contributed by atoms with Crippen LogP contribution in [0.25, 0.3) is 5.57 Å². The van der Waals surface area contributed by atoms with Gasteiger partial charge < -0.3 is 14.6 Å². The number of benzene rings is 1. The van der Waals surface area contributed by atoms with E-state index in [4.69, 9.17) is 9.47 Å². The molecule has 1 saturated heterocycles. The van der Waals surface area contributed by atoms with Crippen LogP contribution < -0.4 is 0 Å². The van der Waals surface area contributed by atoms with Gasteiger partial charge in [0.15, 0.2) is 11.6 Å². The van der Waals surface area contributed by atoms with Crippen LogP contribution in [-0.2, 0) is 27.1 Å². The molecular weight excluding hydrogens is 316 g/mol. The van der Waals surface area contributed by atoms with Gasteiger partial charge in [0.1, 0.15) is 5.76 Å². The number of carbonyl (C=O) groups is 1. The molecule has 1 spiro atoms. The van der Waals surface area contributed by atoms with Crippen LogP contribution in [0.15, 0.2) is 17.9 Å². The van der Waals surface area contributed by atoms with E-state index in [1.54, 1.807) is 0 Å². The molecule has 1 saturated carbocycles. The van der Waals surface area contributed by atoms with Crippen molar-refractivity contribution in [1.82, 2.24) is 0 Å². The van der Waals surface area contributed by atoms with Crippen molar-refractivity contribution in [2.45, 2.75) is 52.2 Å². The maximum atomic E-state index is 13.2. The van der Waals surface area contributed by atoms with Gasteiger partial charge in [-0.15, -0.1) is 0 Å². The molecule has 4 nitrogen and oxygen atoms in total. The third-order valence-electron chi connectivity index (χ3n) is 6.01. The second-order valence-corrected chi connectivity index (χ2v) is 7.52. The normalized spacial score (nSPS) is 27.6. The lowest BCUT2D eigenvalue weighted by Crippen LogP contribution is -2.28. The number of aryl methyl sites for hydroxylation is 3. The zero-order valence-corrected chi connectivity index (χ0v) is 15.2. The first kappa shape index (κ1) is 16.8. The van der Waals surface area contributed by atoms with E-state index in [9.17, 15) is 9.90 Å². The minimum Gasteiger partial charge on any atom is -0.511 e. The summed E-state index contributed by atoms with van der Waals surface area (Å²) in [6.07, 6.45) is 2.82. The Labute approximate surface area is 148 Å². The third-order valence-corrected chi connectivity index (χ3v) is 6.01. The molecule has 2 atom stereocenters. The van der Waals surface area contributed by atoms with Crippen molar-refractivity contribution < 1.29 is 19.4 Å². The molecule has 2 aliphatic carbocycles.